The van der Waals surface area contributed by atoms with Gasteiger partial charge in [0.1, 0.15) is 16.4 Å². The van der Waals surface area contributed by atoms with E-state index in [1.807, 2.05) is 0 Å². The molecule has 0 amide bonds. The Hall–Kier alpha value is -0.800. The molecular formula is C16H14Cl4O2. The molecule has 0 heterocycles. The second-order valence-corrected chi connectivity index (χ2v) is 7.46. The fourth-order valence-corrected chi connectivity index (χ4v) is 3.04. The van der Waals surface area contributed by atoms with E-state index in [9.17, 15) is 0 Å². The van der Waals surface area contributed by atoms with Crippen LogP contribution in [0, 0.1) is 0 Å². The lowest BCUT2D eigenvalue weighted by molar-refractivity contribution is 0.414. The van der Waals surface area contributed by atoms with Crippen LogP contribution in [0.5, 0.6) is 11.5 Å². The van der Waals surface area contributed by atoms with E-state index in [4.69, 9.17) is 55.9 Å². The Morgan fingerprint density at radius 2 is 0.955 bits per heavy atom. The first-order chi connectivity index (χ1) is 10.3. The Bertz CT molecular complexity index is 571. The van der Waals surface area contributed by atoms with E-state index in [1.165, 1.54) is 0 Å². The number of rotatable bonds is 4. The van der Waals surface area contributed by atoms with Crippen LogP contribution in [0.3, 0.4) is 0 Å². The van der Waals surface area contributed by atoms with E-state index in [-0.39, 0.29) is 0 Å². The van der Waals surface area contributed by atoms with Gasteiger partial charge in [-0.2, -0.15) is 0 Å². The lowest BCUT2D eigenvalue weighted by atomic mass is 9.91. The summed E-state index contributed by atoms with van der Waals surface area (Å²) in [6.07, 6.45) is 0. The van der Waals surface area contributed by atoms with Gasteiger partial charge < -0.3 is 9.47 Å². The maximum absolute atomic E-state index is 6.78. The number of alkyl halides is 4. The minimum absolute atomic E-state index is 0.653. The van der Waals surface area contributed by atoms with Crippen molar-refractivity contribution in [2.45, 2.75) is 8.67 Å². The summed E-state index contributed by atoms with van der Waals surface area (Å²) in [6.45, 7) is 0. The molecule has 0 atom stereocenters. The number of ether oxygens (including phenoxy) is 2. The maximum atomic E-state index is 6.78. The van der Waals surface area contributed by atoms with Gasteiger partial charge in [-0.1, -0.05) is 59.1 Å². The normalized spacial score (nSPS) is 12.1. The van der Waals surface area contributed by atoms with Gasteiger partial charge in [-0.05, 0) is 35.4 Å². The van der Waals surface area contributed by atoms with Crippen molar-refractivity contribution in [1.29, 1.82) is 0 Å². The highest BCUT2D eigenvalue weighted by molar-refractivity contribution is 6.71. The zero-order chi connectivity index (χ0) is 16.4. The molecule has 0 fully saturated rings. The van der Waals surface area contributed by atoms with E-state index in [0.29, 0.717) is 22.6 Å². The molecule has 0 aliphatic rings. The number of methoxy groups -OCH3 is 2. The molecule has 2 aromatic rings. The monoisotopic (exact) mass is 378 g/mol. The number of benzene rings is 2. The number of hydrogen-bond acceptors (Lipinski definition) is 2. The van der Waals surface area contributed by atoms with Gasteiger partial charge in [0.05, 0.1) is 14.2 Å². The first-order valence-corrected chi connectivity index (χ1v) is 7.89. The van der Waals surface area contributed by atoms with Gasteiger partial charge in [-0.3, -0.25) is 0 Å². The Kier molecular flexibility index (Phi) is 5.39. The minimum Gasteiger partial charge on any atom is -0.497 e. The third-order valence-electron chi connectivity index (χ3n) is 3.37. The van der Waals surface area contributed by atoms with Crippen molar-refractivity contribution in [1.82, 2.24) is 0 Å². The summed E-state index contributed by atoms with van der Waals surface area (Å²) in [7, 11) is 3.17. The average molecular weight is 380 g/mol. The summed E-state index contributed by atoms with van der Waals surface area (Å²) in [4.78, 5) is -1.34. The fraction of sp³-hybridized carbons (Fsp3) is 0.250. The van der Waals surface area contributed by atoms with Crippen LogP contribution in [0.25, 0.3) is 0 Å². The smallest absolute Gasteiger partial charge is 0.217 e. The van der Waals surface area contributed by atoms with Crippen LogP contribution in [0.2, 0.25) is 0 Å². The van der Waals surface area contributed by atoms with Crippen LogP contribution in [0.1, 0.15) is 11.1 Å². The summed E-state index contributed by atoms with van der Waals surface area (Å²) >= 11 is 25.4. The number of hydrogen-bond donors (Lipinski definition) is 0. The van der Waals surface area contributed by atoms with Crippen molar-refractivity contribution in [3.8, 4) is 11.5 Å². The molecule has 118 valence electrons. The quantitative estimate of drug-likeness (QED) is 0.647. The van der Waals surface area contributed by atoms with Gasteiger partial charge in [-0.15, -0.1) is 11.6 Å². The van der Waals surface area contributed by atoms with Gasteiger partial charge in [0.2, 0.25) is 3.79 Å². The molecule has 0 saturated heterocycles. The van der Waals surface area contributed by atoms with E-state index >= 15 is 0 Å². The van der Waals surface area contributed by atoms with Crippen LogP contribution >= 0.6 is 46.4 Å². The van der Waals surface area contributed by atoms with E-state index < -0.39 is 8.67 Å². The molecule has 0 aliphatic carbocycles. The van der Waals surface area contributed by atoms with Gasteiger partial charge in [0.15, 0.2) is 0 Å². The second kappa shape index (κ2) is 6.76. The molecule has 2 aromatic carbocycles. The summed E-state index contributed by atoms with van der Waals surface area (Å²) in [6, 6.07) is 14.2. The van der Waals surface area contributed by atoms with Gasteiger partial charge in [-0.25, -0.2) is 0 Å². The lowest BCUT2D eigenvalue weighted by Crippen LogP contribution is -2.35. The van der Waals surface area contributed by atoms with Crippen molar-refractivity contribution in [3.63, 3.8) is 0 Å². The van der Waals surface area contributed by atoms with Gasteiger partial charge in [0, 0.05) is 0 Å². The Morgan fingerprint density at radius 1 is 0.636 bits per heavy atom. The Balaban J connectivity index is 2.55. The van der Waals surface area contributed by atoms with Crippen LogP contribution in [0.15, 0.2) is 48.5 Å². The van der Waals surface area contributed by atoms with Gasteiger partial charge in [0.25, 0.3) is 0 Å². The van der Waals surface area contributed by atoms with Crippen LogP contribution in [-0.2, 0) is 4.87 Å². The zero-order valence-corrected chi connectivity index (χ0v) is 15.0. The summed E-state index contributed by atoms with van der Waals surface area (Å²) in [5, 5.41) is 0. The Labute approximate surface area is 149 Å². The maximum Gasteiger partial charge on any atom is 0.217 e. The van der Waals surface area contributed by atoms with Crippen molar-refractivity contribution in [2.24, 2.45) is 0 Å². The highest BCUT2D eigenvalue weighted by Gasteiger charge is 2.50. The van der Waals surface area contributed by atoms with Crippen LogP contribution in [0.4, 0.5) is 0 Å². The molecule has 0 N–H and O–H groups in total. The van der Waals surface area contributed by atoms with Crippen molar-refractivity contribution in [2.75, 3.05) is 14.2 Å². The average Bonchev–Trinajstić information content (AvgIpc) is 2.53. The summed E-state index contributed by atoms with van der Waals surface area (Å²) in [5.41, 5.74) is 1.31. The molecule has 0 aliphatic heterocycles. The molecule has 0 spiro atoms. The van der Waals surface area contributed by atoms with E-state index in [1.54, 1.807) is 62.8 Å². The minimum atomic E-state index is -1.75. The predicted octanol–water partition coefficient (Wildman–Crippen LogP) is 5.56. The second-order valence-electron chi connectivity index (χ2n) is 4.61. The summed E-state index contributed by atoms with van der Waals surface area (Å²) < 4.78 is 8.54. The molecule has 22 heavy (non-hydrogen) atoms. The number of halogens is 4. The molecule has 0 radical (unpaired) electrons. The highest BCUT2D eigenvalue weighted by Crippen LogP contribution is 2.54. The molecule has 0 bridgehead atoms. The SMILES string of the molecule is COc1ccc(C(Cl)(c2ccc(OC)cc2)C(Cl)(Cl)Cl)cc1. The summed E-state index contributed by atoms with van der Waals surface area (Å²) in [5.74, 6) is 1.39. The first-order valence-electron chi connectivity index (χ1n) is 6.37. The topological polar surface area (TPSA) is 18.5 Å². The molecule has 0 unspecified atom stereocenters. The molecule has 2 rings (SSSR count). The predicted molar refractivity (Wildman–Crippen MR) is 92.9 cm³/mol. The third-order valence-corrected chi connectivity index (χ3v) is 5.23. The van der Waals surface area contributed by atoms with E-state index in [2.05, 4.69) is 0 Å². The first kappa shape index (κ1) is 17.6. The van der Waals surface area contributed by atoms with E-state index in [0.717, 1.165) is 0 Å². The van der Waals surface area contributed by atoms with Crippen LogP contribution < -0.4 is 9.47 Å². The molecule has 2 nitrogen and oxygen atoms in total. The third kappa shape index (κ3) is 3.26. The standard InChI is InChI=1S/C16H14Cl4O2/c1-21-13-7-3-11(4-8-13)15(17,16(18,19)20)12-5-9-14(22-2)10-6-12/h3-10H,1-2H3. The van der Waals surface area contributed by atoms with Crippen molar-refractivity contribution < 1.29 is 9.47 Å². The van der Waals surface area contributed by atoms with Crippen molar-refractivity contribution >= 4 is 46.4 Å². The molecule has 0 saturated carbocycles. The molecular weight excluding hydrogens is 366 g/mol. The Morgan fingerprint density at radius 3 is 1.18 bits per heavy atom. The highest BCUT2D eigenvalue weighted by atomic mass is 35.6. The van der Waals surface area contributed by atoms with Gasteiger partial charge >= 0.3 is 0 Å². The lowest BCUT2D eigenvalue weighted by Gasteiger charge is -2.35. The molecule has 0 aromatic heterocycles. The van der Waals surface area contributed by atoms with Crippen LogP contribution in [-0.4, -0.2) is 18.0 Å². The van der Waals surface area contributed by atoms with Crippen molar-refractivity contribution in [3.05, 3.63) is 59.7 Å². The molecule has 6 heteroatoms. The largest absolute Gasteiger partial charge is 0.497 e. The fourth-order valence-electron chi connectivity index (χ4n) is 2.14. The zero-order valence-electron chi connectivity index (χ0n) is 11.9.